The number of rotatable bonds is 7. The Hall–Kier alpha value is -4.30. The highest BCUT2D eigenvalue weighted by atomic mass is 35.5. The Balaban J connectivity index is 0.000000303. The fraction of sp³-hybridized carbons (Fsp3) is 0.250. The summed E-state index contributed by atoms with van der Waals surface area (Å²) in [5, 5.41) is 18.7. The average molecular weight is 632 g/mol. The van der Waals surface area contributed by atoms with Crippen molar-refractivity contribution >= 4 is 34.6 Å². The minimum atomic E-state index is -5.08. The molecule has 0 bridgehead atoms. The summed E-state index contributed by atoms with van der Waals surface area (Å²) >= 11 is 6.02. The van der Waals surface area contributed by atoms with Gasteiger partial charge in [-0.25, -0.2) is 14.6 Å². The molecule has 1 aliphatic rings. The summed E-state index contributed by atoms with van der Waals surface area (Å²) < 4.78 is 69.4. The van der Waals surface area contributed by atoms with Crippen LogP contribution in [-0.4, -0.2) is 51.0 Å². The van der Waals surface area contributed by atoms with Gasteiger partial charge in [-0.05, 0) is 60.4 Å². The molecule has 1 heterocycles. The predicted molar refractivity (Wildman–Crippen MR) is 144 cm³/mol. The molecule has 5 rings (SSSR count). The zero-order valence-corrected chi connectivity index (χ0v) is 22.7. The minimum absolute atomic E-state index is 0.277. The molecule has 1 aromatic heterocycles. The van der Waals surface area contributed by atoms with Crippen molar-refractivity contribution in [2.75, 3.05) is 6.54 Å². The first-order valence-corrected chi connectivity index (χ1v) is 12.7. The largest absolute Gasteiger partial charge is 0.490 e. The van der Waals surface area contributed by atoms with Crippen LogP contribution in [0.1, 0.15) is 24.0 Å². The lowest BCUT2D eigenvalue weighted by Gasteiger charge is -2.17. The van der Waals surface area contributed by atoms with Gasteiger partial charge in [-0.15, -0.1) is 0 Å². The zero-order chi connectivity index (χ0) is 31.8. The second-order valence-electron chi connectivity index (χ2n) is 9.32. The number of hydrogen-bond donors (Lipinski definition) is 4. The Labute approximate surface area is 245 Å². The van der Waals surface area contributed by atoms with Gasteiger partial charge in [-0.1, -0.05) is 35.9 Å². The van der Waals surface area contributed by atoms with Gasteiger partial charge in [0.15, 0.2) is 0 Å². The summed E-state index contributed by atoms with van der Waals surface area (Å²) in [7, 11) is 0. The molecule has 230 valence electrons. The van der Waals surface area contributed by atoms with Crippen LogP contribution in [0.3, 0.4) is 0 Å². The molecular weight excluding hydrogens is 608 g/mol. The van der Waals surface area contributed by atoms with Crippen LogP contribution in [0.25, 0.3) is 11.0 Å². The van der Waals surface area contributed by atoms with Crippen molar-refractivity contribution in [1.82, 2.24) is 15.3 Å². The monoisotopic (exact) mass is 631 g/mol. The van der Waals surface area contributed by atoms with Crippen molar-refractivity contribution in [3.8, 4) is 11.5 Å². The number of halogens is 7. The van der Waals surface area contributed by atoms with E-state index in [0.29, 0.717) is 0 Å². The number of hydrogen-bond acceptors (Lipinski definition) is 5. The first kappa shape index (κ1) is 33.2. The van der Waals surface area contributed by atoms with Crippen molar-refractivity contribution in [2.45, 2.75) is 37.2 Å². The van der Waals surface area contributed by atoms with Crippen molar-refractivity contribution in [2.24, 2.45) is 0 Å². The smallest absolute Gasteiger partial charge is 0.475 e. The topological polar surface area (TPSA) is 125 Å². The van der Waals surface area contributed by atoms with E-state index >= 15 is 0 Å². The number of carboxylic acid groups (broad SMARTS) is 2. The molecule has 1 saturated carbocycles. The molecule has 0 aliphatic heterocycles. The van der Waals surface area contributed by atoms with Gasteiger partial charge in [0.05, 0.1) is 17.4 Å². The molecule has 15 heteroatoms. The highest BCUT2D eigenvalue weighted by molar-refractivity contribution is 6.30. The fourth-order valence-electron chi connectivity index (χ4n) is 3.76. The number of aromatic amines is 1. The molecule has 1 fully saturated rings. The van der Waals surface area contributed by atoms with Crippen LogP contribution in [0.2, 0.25) is 5.02 Å². The number of imidazole rings is 1. The van der Waals surface area contributed by atoms with Gasteiger partial charge in [0.1, 0.15) is 11.5 Å². The summed E-state index contributed by atoms with van der Waals surface area (Å²) in [6, 6.07) is 22.4. The van der Waals surface area contributed by atoms with E-state index in [9.17, 15) is 26.3 Å². The van der Waals surface area contributed by atoms with Crippen molar-refractivity contribution < 1.29 is 50.9 Å². The van der Waals surface area contributed by atoms with Crippen LogP contribution in [0.5, 0.6) is 11.5 Å². The second-order valence-corrected chi connectivity index (χ2v) is 9.76. The van der Waals surface area contributed by atoms with Crippen LogP contribution in [0, 0.1) is 0 Å². The van der Waals surface area contributed by atoms with E-state index in [1.165, 1.54) is 24.0 Å². The third-order valence-corrected chi connectivity index (χ3v) is 6.39. The summed E-state index contributed by atoms with van der Waals surface area (Å²) in [4.78, 5) is 25.1. The number of aromatic nitrogens is 2. The van der Waals surface area contributed by atoms with E-state index in [1.54, 1.807) is 6.33 Å². The molecule has 0 amide bonds. The number of nitrogens with zero attached hydrogens (tertiary/aromatic N) is 1. The van der Waals surface area contributed by atoms with Crippen molar-refractivity contribution in [3.63, 3.8) is 0 Å². The molecule has 3 aromatic carbocycles. The minimum Gasteiger partial charge on any atom is -0.475 e. The maximum atomic E-state index is 10.6. The lowest BCUT2D eigenvalue weighted by atomic mass is 9.96. The second kappa shape index (κ2) is 13.8. The van der Waals surface area contributed by atoms with E-state index in [1.807, 2.05) is 42.5 Å². The Kier molecular flexibility index (Phi) is 10.6. The maximum Gasteiger partial charge on any atom is 0.490 e. The summed E-state index contributed by atoms with van der Waals surface area (Å²) in [6.45, 7) is 1.83. The van der Waals surface area contributed by atoms with Crippen LogP contribution >= 0.6 is 11.6 Å². The van der Waals surface area contributed by atoms with Gasteiger partial charge in [0.2, 0.25) is 0 Å². The molecule has 8 nitrogen and oxygen atoms in total. The van der Waals surface area contributed by atoms with Gasteiger partial charge in [0.25, 0.3) is 0 Å². The molecule has 43 heavy (non-hydrogen) atoms. The number of ether oxygens (including phenoxy) is 1. The quantitative estimate of drug-likeness (QED) is 0.160. The van der Waals surface area contributed by atoms with Crippen LogP contribution < -0.4 is 10.1 Å². The molecule has 0 spiro atoms. The molecular formula is C28H24ClF6N3O5. The van der Waals surface area contributed by atoms with E-state index in [2.05, 4.69) is 39.6 Å². The number of fused-ring (bicyclic) bond motifs is 1. The highest BCUT2D eigenvalue weighted by Gasteiger charge is 2.43. The summed E-state index contributed by atoms with van der Waals surface area (Å²) in [6.07, 6.45) is -6.01. The number of alkyl halides is 6. The first-order chi connectivity index (χ1) is 20.1. The Morgan fingerprint density at radius 2 is 1.42 bits per heavy atom. The summed E-state index contributed by atoms with van der Waals surface area (Å²) in [5.41, 5.74) is 4.81. The molecule has 4 aromatic rings. The molecule has 0 saturated heterocycles. The highest BCUT2D eigenvalue weighted by Crippen LogP contribution is 2.47. The summed E-state index contributed by atoms with van der Waals surface area (Å²) in [5.74, 6) is -3.89. The predicted octanol–water partition coefficient (Wildman–Crippen LogP) is 7.10. The number of carbonyl (C=O) groups is 2. The van der Waals surface area contributed by atoms with Gasteiger partial charge in [-0.3, -0.25) is 0 Å². The third-order valence-electron chi connectivity index (χ3n) is 6.14. The zero-order valence-electron chi connectivity index (χ0n) is 22.0. The molecule has 0 radical (unpaired) electrons. The Morgan fingerprint density at radius 3 is 1.93 bits per heavy atom. The molecule has 0 atom stereocenters. The first-order valence-electron chi connectivity index (χ1n) is 12.4. The van der Waals surface area contributed by atoms with Gasteiger partial charge in [0, 0.05) is 29.6 Å². The Bertz CT molecular complexity index is 1500. The normalized spacial score (nSPS) is 13.7. The van der Waals surface area contributed by atoms with Gasteiger partial charge in [-0.2, -0.15) is 26.3 Å². The van der Waals surface area contributed by atoms with E-state index < -0.39 is 24.3 Å². The average Bonchev–Trinajstić information content (AvgIpc) is 3.57. The van der Waals surface area contributed by atoms with E-state index in [0.717, 1.165) is 40.6 Å². The van der Waals surface area contributed by atoms with Crippen LogP contribution in [0.15, 0.2) is 73.1 Å². The van der Waals surface area contributed by atoms with Crippen molar-refractivity contribution in [3.05, 3.63) is 89.2 Å². The molecule has 0 unspecified atom stereocenters. The maximum absolute atomic E-state index is 10.6. The SMILES string of the molecule is Clc1ccc(C2(CNCc3ccc(Oc4ccc5nc[nH]c5c4)cc3)CC2)cc1.O=C(O)C(F)(F)F.O=C(O)C(F)(F)F. The number of H-pyrrole nitrogens is 1. The molecule has 1 aliphatic carbocycles. The van der Waals surface area contributed by atoms with Gasteiger partial charge >= 0.3 is 24.3 Å². The van der Waals surface area contributed by atoms with Crippen LogP contribution in [0.4, 0.5) is 26.3 Å². The third kappa shape index (κ3) is 10.2. The van der Waals surface area contributed by atoms with Crippen molar-refractivity contribution in [1.29, 1.82) is 0 Å². The standard InChI is InChI=1S/C24H22ClN3O.2C2HF3O2/c25-19-5-3-18(4-6-19)24(11-12-24)15-26-14-17-1-7-20(8-2-17)29-21-9-10-22-23(13-21)28-16-27-22;2*3-2(4,5)1(6)7/h1-10,13,16,26H,11-12,14-15H2,(H,27,28);2*(H,6,7). The lowest BCUT2D eigenvalue weighted by Crippen LogP contribution is -2.26. The molecule has 4 N–H and O–H groups in total. The lowest BCUT2D eigenvalue weighted by molar-refractivity contribution is -0.193. The van der Waals surface area contributed by atoms with Gasteiger partial charge < -0.3 is 25.3 Å². The number of nitrogens with one attached hydrogen (secondary N) is 2. The number of carboxylic acids is 2. The Morgan fingerprint density at radius 1 is 0.884 bits per heavy atom. The number of aliphatic carboxylic acids is 2. The van der Waals surface area contributed by atoms with Crippen LogP contribution in [-0.2, 0) is 21.5 Å². The fourth-order valence-corrected chi connectivity index (χ4v) is 3.88. The van der Waals surface area contributed by atoms with E-state index in [-0.39, 0.29) is 5.41 Å². The number of benzene rings is 3. The van der Waals surface area contributed by atoms with E-state index in [4.69, 9.17) is 36.1 Å².